The van der Waals surface area contributed by atoms with Crippen LogP contribution in [0.15, 0.2) is 49.1 Å². The number of rotatable bonds is 7. The Bertz CT molecular complexity index is 1510. The lowest BCUT2D eigenvalue weighted by molar-refractivity contribution is 0.374. The third-order valence-corrected chi connectivity index (χ3v) is 5.49. The summed E-state index contributed by atoms with van der Waals surface area (Å²) in [5, 5.41) is 4.19. The Morgan fingerprint density at radius 2 is 1.94 bits per heavy atom. The van der Waals surface area contributed by atoms with Crippen LogP contribution < -0.4 is 14.4 Å². The van der Waals surface area contributed by atoms with Gasteiger partial charge in [-0.15, -0.1) is 0 Å². The molecule has 0 bridgehead atoms. The van der Waals surface area contributed by atoms with E-state index < -0.39 is 5.82 Å². The summed E-state index contributed by atoms with van der Waals surface area (Å²) in [6.07, 6.45) is 7.02. The van der Waals surface area contributed by atoms with Gasteiger partial charge in [-0.2, -0.15) is 5.10 Å². The fraction of sp³-hybridized carbons (Fsp3) is 0.208. The lowest BCUT2D eigenvalue weighted by Gasteiger charge is -2.25. The normalized spacial score (nSPS) is 11.1. The van der Waals surface area contributed by atoms with Crippen molar-refractivity contribution in [3.8, 4) is 22.8 Å². The van der Waals surface area contributed by atoms with E-state index in [9.17, 15) is 0 Å². The van der Waals surface area contributed by atoms with Crippen LogP contribution in [0.4, 0.5) is 15.9 Å². The van der Waals surface area contributed by atoms with Crippen molar-refractivity contribution in [2.45, 2.75) is 13.5 Å². The van der Waals surface area contributed by atoms with Crippen molar-refractivity contribution in [1.29, 1.82) is 0 Å². The largest absolute Gasteiger partial charge is 0.497 e. The highest BCUT2D eigenvalue weighted by Gasteiger charge is 2.22. The molecule has 5 aromatic rings. The second-order valence-electron chi connectivity index (χ2n) is 7.90. The van der Waals surface area contributed by atoms with Crippen molar-refractivity contribution in [3.63, 3.8) is 0 Å². The summed E-state index contributed by atoms with van der Waals surface area (Å²) in [6, 6.07) is 6.66. The van der Waals surface area contributed by atoms with E-state index >= 15 is 4.39 Å². The van der Waals surface area contributed by atoms with E-state index in [0.717, 1.165) is 11.4 Å². The molecule has 10 nitrogen and oxygen atoms in total. The molecular weight excluding hydrogens is 451 g/mol. The second-order valence-corrected chi connectivity index (χ2v) is 7.90. The molecule has 0 spiro atoms. The maximum Gasteiger partial charge on any atom is 0.188 e. The van der Waals surface area contributed by atoms with E-state index in [4.69, 9.17) is 14.5 Å². The average molecular weight is 475 g/mol. The Labute approximate surface area is 200 Å². The van der Waals surface area contributed by atoms with E-state index in [1.54, 1.807) is 46.4 Å². The van der Waals surface area contributed by atoms with Crippen LogP contribution in [-0.2, 0) is 13.6 Å². The molecule has 1 N–H and O–H groups in total. The molecule has 0 saturated carbocycles. The molecule has 0 aliphatic heterocycles. The molecule has 0 radical (unpaired) electrons. The number of benzene rings is 1. The minimum absolute atomic E-state index is 0.0574. The van der Waals surface area contributed by atoms with Gasteiger partial charge in [-0.05, 0) is 19.1 Å². The average Bonchev–Trinajstić information content (AvgIpc) is 3.50. The number of nitrogens with zero attached hydrogens (tertiary/aromatic N) is 7. The SMILES string of the molecule is COc1cc(OC)c(F)c(N(Cc2c[nH]c(C)n2)c2ccc3ncc(-c4cnn(C)c4)nc3n2)c1. The maximum absolute atomic E-state index is 15.5. The summed E-state index contributed by atoms with van der Waals surface area (Å²) in [6.45, 7) is 2.10. The highest BCUT2D eigenvalue weighted by molar-refractivity contribution is 5.77. The zero-order chi connectivity index (χ0) is 24.5. The molecule has 178 valence electrons. The number of imidazole rings is 1. The Morgan fingerprint density at radius 3 is 2.63 bits per heavy atom. The minimum atomic E-state index is -0.544. The predicted molar refractivity (Wildman–Crippen MR) is 128 cm³/mol. The van der Waals surface area contributed by atoms with E-state index in [1.165, 1.54) is 20.3 Å². The molecule has 0 fully saturated rings. The zero-order valence-corrected chi connectivity index (χ0v) is 19.7. The minimum Gasteiger partial charge on any atom is -0.497 e. The van der Waals surface area contributed by atoms with Crippen molar-refractivity contribution < 1.29 is 13.9 Å². The quantitative estimate of drug-likeness (QED) is 0.378. The van der Waals surface area contributed by atoms with Crippen LogP contribution in [0.5, 0.6) is 11.5 Å². The Morgan fingerprint density at radius 1 is 1.09 bits per heavy atom. The van der Waals surface area contributed by atoms with E-state index in [0.29, 0.717) is 34.1 Å². The third kappa shape index (κ3) is 4.35. The number of ether oxygens (including phenoxy) is 2. The van der Waals surface area contributed by atoms with Gasteiger partial charge in [0.05, 0.1) is 50.2 Å². The van der Waals surface area contributed by atoms with Crippen molar-refractivity contribution >= 4 is 22.7 Å². The topological polar surface area (TPSA) is 107 Å². The van der Waals surface area contributed by atoms with Gasteiger partial charge in [0.2, 0.25) is 0 Å². The van der Waals surface area contributed by atoms with Crippen molar-refractivity contribution in [1.82, 2.24) is 34.7 Å². The van der Waals surface area contributed by atoms with Crippen molar-refractivity contribution in [2.24, 2.45) is 7.05 Å². The summed E-state index contributed by atoms with van der Waals surface area (Å²) in [4.78, 5) is 23.2. The second kappa shape index (κ2) is 9.01. The molecule has 0 aliphatic carbocycles. The lowest BCUT2D eigenvalue weighted by atomic mass is 10.2. The molecule has 4 aromatic heterocycles. The number of aromatic amines is 1. The first-order valence-electron chi connectivity index (χ1n) is 10.8. The van der Waals surface area contributed by atoms with Gasteiger partial charge < -0.3 is 19.4 Å². The number of H-pyrrole nitrogens is 1. The number of nitrogens with one attached hydrogen (secondary N) is 1. The summed E-state index contributed by atoms with van der Waals surface area (Å²) in [5.74, 6) is 1.17. The van der Waals surface area contributed by atoms with Crippen molar-refractivity contribution in [3.05, 3.63) is 66.4 Å². The van der Waals surface area contributed by atoms with E-state index in [1.807, 2.05) is 20.2 Å². The van der Waals surface area contributed by atoms with Crippen molar-refractivity contribution in [2.75, 3.05) is 19.1 Å². The standard InChI is InChI=1S/C24H23FN8O2/c1-14-26-10-16(29-14)13-33(20-7-17(34-3)8-21(35-4)23(20)25)22-6-5-18-24(31-22)30-19(11-27-18)15-9-28-32(2)12-15/h5-12H,13H2,1-4H3,(H,26,29). The molecule has 0 atom stereocenters. The molecule has 0 saturated heterocycles. The molecule has 1 aromatic carbocycles. The smallest absolute Gasteiger partial charge is 0.188 e. The van der Waals surface area contributed by atoms with E-state index in [-0.39, 0.29) is 18.0 Å². The molecule has 4 heterocycles. The van der Waals surface area contributed by atoms with Gasteiger partial charge in [-0.3, -0.25) is 9.67 Å². The first kappa shape index (κ1) is 22.3. The van der Waals surface area contributed by atoms with Crippen LogP contribution in [0.25, 0.3) is 22.4 Å². The van der Waals surface area contributed by atoms with Crippen LogP contribution in [0.2, 0.25) is 0 Å². The Kier molecular flexibility index (Phi) is 5.73. The number of aromatic nitrogens is 7. The Hall–Kier alpha value is -4.54. The molecule has 5 rings (SSSR count). The number of aryl methyl sites for hydroxylation is 2. The number of anilines is 2. The molecule has 0 aliphatic rings. The van der Waals surface area contributed by atoms with Gasteiger partial charge in [0.1, 0.15) is 22.9 Å². The molecule has 35 heavy (non-hydrogen) atoms. The third-order valence-electron chi connectivity index (χ3n) is 5.49. The van der Waals surface area contributed by atoms with Crippen LogP contribution in [-0.4, -0.2) is 48.9 Å². The van der Waals surface area contributed by atoms with Crippen LogP contribution >= 0.6 is 0 Å². The van der Waals surface area contributed by atoms with Gasteiger partial charge in [0, 0.05) is 37.1 Å². The number of pyridine rings is 1. The number of hydrogen-bond donors (Lipinski definition) is 1. The Balaban J connectivity index is 1.65. The fourth-order valence-electron chi connectivity index (χ4n) is 3.75. The van der Waals surface area contributed by atoms with E-state index in [2.05, 4.69) is 25.0 Å². The number of methoxy groups -OCH3 is 2. The fourth-order valence-corrected chi connectivity index (χ4v) is 3.75. The van der Waals surface area contributed by atoms with Gasteiger partial charge >= 0.3 is 0 Å². The summed E-state index contributed by atoms with van der Waals surface area (Å²) < 4.78 is 27.8. The van der Waals surface area contributed by atoms with Crippen LogP contribution in [0, 0.1) is 12.7 Å². The molecule has 11 heteroatoms. The predicted octanol–water partition coefficient (Wildman–Crippen LogP) is 3.95. The van der Waals surface area contributed by atoms with Gasteiger partial charge in [0.25, 0.3) is 0 Å². The zero-order valence-electron chi connectivity index (χ0n) is 19.7. The highest BCUT2D eigenvalue weighted by Crippen LogP contribution is 2.37. The van der Waals surface area contributed by atoms with Gasteiger partial charge in [-0.1, -0.05) is 0 Å². The molecule has 0 unspecified atom stereocenters. The summed E-state index contributed by atoms with van der Waals surface area (Å²) in [5.41, 5.74) is 3.43. The highest BCUT2D eigenvalue weighted by atomic mass is 19.1. The van der Waals surface area contributed by atoms with Gasteiger partial charge in [0.15, 0.2) is 17.2 Å². The maximum atomic E-state index is 15.5. The lowest BCUT2D eigenvalue weighted by Crippen LogP contribution is -2.20. The summed E-state index contributed by atoms with van der Waals surface area (Å²) in [7, 11) is 4.76. The molecular formula is C24H23FN8O2. The van der Waals surface area contributed by atoms with Crippen LogP contribution in [0.3, 0.4) is 0 Å². The number of fused-ring (bicyclic) bond motifs is 1. The number of halogens is 1. The van der Waals surface area contributed by atoms with Crippen LogP contribution in [0.1, 0.15) is 11.5 Å². The molecule has 0 amide bonds. The monoisotopic (exact) mass is 474 g/mol. The van der Waals surface area contributed by atoms with Gasteiger partial charge in [-0.25, -0.2) is 19.3 Å². The number of hydrogen-bond acceptors (Lipinski definition) is 8. The first-order valence-corrected chi connectivity index (χ1v) is 10.8. The first-order chi connectivity index (χ1) is 16.9. The summed E-state index contributed by atoms with van der Waals surface area (Å²) >= 11 is 0.